The fourth-order valence-corrected chi connectivity index (χ4v) is 1.38. The fourth-order valence-electron chi connectivity index (χ4n) is 1.38. The standard InChI is InChI=1S/C11H15NO5/c1-12(11(13)14)7-5-9(16-3)10(17-4)6-8(7)15-2/h5-6H,1-4H3,(H,13,14). The normalized spacial score (nSPS) is 9.65. The van der Waals surface area contributed by atoms with Crippen LogP contribution >= 0.6 is 0 Å². The Morgan fingerprint density at radius 2 is 1.53 bits per heavy atom. The van der Waals surface area contributed by atoms with Crippen molar-refractivity contribution in [3.8, 4) is 17.2 Å². The molecular weight excluding hydrogens is 226 g/mol. The van der Waals surface area contributed by atoms with Crippen molar-refractivity contribution in [2.75, 3.05) is 33.3 Å². The summed E-state index contributed by atoms with van der Waals surface area (Å²) in [5, 5.41) is 8.94. The first-order valence-electron chi connectivity index (χ1n) is 4.81. The van der Waals surface area contributed by atoms with Gasteiger partial charge in [-0.15, -0.1) is 0 Å². The van der Waals surface area contributed by atoms with Crippen LogP contribution in [0.1, 0.15) is 0 Å². The summed E-state index contributed by atoms with van der Waals surface area (Å²) in [6, 6.07) is 3.12. The first-order valence-corrected chi connectivity index (χ1v) is 4.81. The molecule has 0 heterocycles. The average Bonchev–Trinajstić information content (AvgIpc) is 2.35. The topological polar surface area (TPSA) is 68.2 Å². The van der Waals surface area contributed by atoms with E-state index in [0.29, 0.717) is 22.9 Å². The van der Waals surface area contributed by atoms with Gasteiger partial charge in [-0.3, -0.25) is 4.90 Å². The summed E-state index contributed by atoms with van der Waals surface area (Å²) in [4.78, 5) is 12.0. The number of rotatable bonds is 4. The van der Waals surface area contributed by atoms with Crippen LogP contribution in [0.5, 0.6) is 17.2 Å². The van der Waals surface area contributed by atoms with Gasteiger partial charge in [-0.05, 0) is 0 Å². The molecule has 1 rings (SSSR count). The number of methoxy groups -OCH3 is 3. The summed E-state index contributed by atoms with van der Waals surface area (Å²) >= 11 is 0. The Bertz CT molecular complexity index is 419. The Morgan fingerprint density at radius 3 is 1.94 bits per heavy atom. The van der Waals surface area contributed by atoms with Gasteiger partial charge in [0.05, 0.1) is 27.0 Å². The molecule has 0 fully saturated rings. The van der Waals surface area contributed by atoms with E-state index in [1.807, 2.05) is 0 Å². The van der Waals surface area contributed by atoms with Crippen molar-refractivity contribution >= 4 is 11.8 Å². The second-order valence-electron chi connectivity index (χ2n) is 3.22. The molecule has 1 amide bonds. The molecule has 0 saturated carbocycles. The van der Waals surface area contributed by atoms with E-state index < -0.39 is 6.09 Å². The van der Waals surface area contributed by atoms with Crippen molar-refractivity contribution in [1.29, 1.82) is 0 Å². The van der Waals surface area contributed by atoms with Crippen LogP contribution in [0.3, 0.4) is 0 Å². The highest BCUT2D eigenvalue weighted by Crippen LogP contribution is 2.39. The van der Waals surface area contributed by atoms with E-state index in [2.05, 4.69) is 0 Å². The van der Waals surface area contributed by atoms with E-state index in [0.717, 1.165) is 4.90 Å². The van der Waals surface area contributed by atoms with Gasteiger partial charge in [0.15, 0.2) is 11.5 Å². The smallest absolute Gasteiger partial charge is 0.411 e. The van der Waals surface area contributed by atoms with Crippen LogP contribution in [-0.2, 0) is 0 Å². The van der Waals surface area contributed by atoms with Crippen LogP contribution in [0.15, 0.2) is 12.1 Å². The van der Waals surface area contributed by atoms with Gasteiger partial charge in [0.25, 0.3) is 0 Å². The Morgan fingerprint density at radius 1 is 1.06 bits per heavy atom. The molecule has 0 saturated heterocycles. The van der Waals surface area contributed by atoms with E-state index in [1.54, 1.807) is 12.1 Å². The minimum absolute atomic E-state index is 0.387. The number of nitrogens with zero attached hydrogens (tertiary/aromatic N) is 1. The van der Waals surface area contributed by atoms with Crippen molar-refractivity contribution in [3.63, 3.8) is 0 Å². The van der Waals surface area contributed by atoms with Gasteiger partial charge in [-0.2, -0.15) is 0 Å². The van der Waals surface area contributed by atoms with Crippen molar-refractivity contribution in [2.45, 2.75) is 0 Å². The van der Waals surface area contributed by atoms with Gasteiger partial charge in [-0.1, -0.05) is 0 Å². The van der Waals surface area contributed by atoms with Crippen molar-refractivity contribution in [3.05, 3.63) is 12.1 Å². The number of carboxylic acid groups (broad SMARTS) is 1. The summed E-state index contributed by atoms with van der Waals surface area (Å²) in [7, 11) is 5.86. The Hall–Kier alpha value is -2.11. The predicted molar refractivity (Wildman–Crippen MR) is 62.5 cm³/mol. The number of anilines is 1. The number of hydrogen-bond acceptors (Lipinski definition) is 4. The van der Waals surface area contributed by atoms with E-state index in [-0.39, 0.29) is 0 Å². The highest BCUT2D eigenvalue weighted by molar-refractivity contribution is 5.88. The largest absolute Gasteiger partial charge is 0.494 e. The van der Waals surface area contributed by atoms with Crippen LogP contribution in [0.4, 0.5) is 10.5 Å². The lowest BCUT2D eigenvalue weighted by Gasteiger charge is -2.19. The zero-order valence-corrected chi connectivity index (χ0v) is 10.2. The first kappa shape index (κ1) is 13.0. The molecule has 0 spiro atoms. The SMILES string of the molecule is COc1cc(OC)c(N(C)C(=O)O)cc1OC. The van der Waals surface area contributed by atoms with Gasteiger partial charge in [-0.25, -0.2) is 4.79 Å². The second-order valence-corrected chi connectivity index (χ2v) is 3.22. The van der Waals surface area contributed by atoms with E-state index >= 15 is 0 Å². The molecule has 0 unspecified atom stereocenters. The molecule has 0 aliphatic heterocycles. The highest BCUT2D eigenvalue weighted by Gasteiger charge is 2.18. The maximum atomic E-state index is 10.9. The number of ether oxygens (including phenoxy) is 3. The lowest BCUT2D eigenvalue weighted by molar-refractivity contribution is 0.203. The third-order valence-corrected chi connectivity index (χ3v) is 2.33. The van der Waals surface area contributed by atoms with E-state index in [1.165, 1.54) is 28.4 Å². The zero-order chi connectivity index (χ0) is 13.0. The molecule has 0 aliphatic carbocycles. The molecule has 0 aliphatic rings. The van der Waals surface area contributed by atoms with Gasteiger partial charge < -0.3 is 19.3 Å². The van der Waals surface area contributed by atoms with Crippen molar-refractivity contribution in [2.24, 2.45) is 0 Å². The van der Waals surface area contributed by atoms with Crippen LogP contribution < -0.4 is 19.1 Å². The number of amides is 1. The quantitative estimate of drug-likeness (QED) is 0.870. The molecule has 1 N–H and O–H groups in total. The summed E-state index contributed by atoms with van der Waals surface area (Å²) in [5.41, 5.74) is 0.387. The van der Waals surface area contributed by atoms with Crippen LogP contribution in [0.25, 0.3) is 0 Å². The molecule has 1 aromatic carbocycles. The maximum Gasteiger partial charge on any atom is 0.411 e. The summed E-state index contributed by atoms with van der Waals surface area (Å²) < 4.78 is 15.3. The van der Waals surface area contributed by atoms with Crippen LogP contribution in [0, 0.1) is 0 Å². The highest BCUT2D eigenvalue weighted by atomic mass is 16.5. The first-order chi connectivity index (χ1) is 8.04. The van der Waals surface area contributed by atoms with E-state index in [9.17, 15) is 4.79 Å². The number of carbonyl (C=O) groups is 1. The van der Waals surface area contributed by atoms with Crippen molar-refractivity contribution < 1.29 is 24.1 Å². The molecule has 1 aromatic rings. The zero-order valence-electron chi connectivity index (χ0n) is 10.2. The molecule has 0 radical (unpaired) electrons. The molecular formula is C11H15NO5. The summed E-state index contributed by atoms with van der Waals surface area (Å²) in [6.07, 6.45) is -1.09. The lowest BCUT2D eigenvalue weighted by Crippen LogP contribution is -2.24. The van der Waals surface area contributed by atoms with Crippen LogP contribution in [0.2, 0.25) is 0 Å². The Kier molecular flexibility index (Phi) is 4.03. The lowest BCUT2D eigenvalue weighted by atomic mass is 10.2. The molecule has 6 nitrogen and oxygen atoms in total. The molecule has 0 bridgehead atoms. The van der Waals surface area contributed by atoms with Gasteiger partial charge in [0.2, 0.25) is 0 Å². The molecule has 0 aromatic heterocycles. The Labute approximate surface area is 99.3 Å². The minimum Gasteiger partial charge on any atom is -0.494 e. The predicted octanol–water partition coefficient (Wildman–Crippen LogP) is 1.83. The number of benzene rings is 1. The van der Waals surface area contributed by atoms with Crippen LogP contribution in [-0.4, -0.2) is 39.6 Å². The monoisotopic (exact) mass is 241 g/mol. The van der Waals surface area contributed by atoms with Gasteiger partial charge >= 0.3 is 6.09 Å². The third-order valence-electron chi connectivity index (χ3n) is 2.33. The van der Waals surface area contributed by atoms with Gasteiger partial charge in [0, 0.05) is 19.2 Å². The fraction of sp³-hybridized carbons (Fsp3) is 0.364. The van der Waals surface area contributed by atoms with Gasteiger partial charge in [0.1, 0.15) is 5.75 Å². The molecule has 0 atom stereocenters. The molecule has 94 valence electrons. The van der Waals surface area contributed by atoms with E-state index in [4.69, 9.17) is 19.3 Å². The molecule has 6 heteroatoms. The summed E-state index contributed by atoms with van der Waals surface area (Å²) in [6.45, 7) is 0. The van der Waals surface area contributed by atoms with Crippen molar-refractivity contribution in [1.82, 2.24) is 0 Å². The number of hydrogen-bond donors (Lipinski definition) is 1. The molecule has 17 heavy (non-hydrogen) atoms. The average molecular weight is 241 g/mol. The Balaban J connectivity index is 3.33. The third kappa shape index (κ3) is 2.52. The maximum absolute atomic E-state index is 10.9. The second kappa shape index (κ2) is 5.29. The summed E-state index contributed by atoms with van der Waals surface area (Å²) in [5.74, 6) is 1.32. The minimum atomic E-state index is -1.09.